The van der Waals surface area contributed by atoms with Gasteiger partial charge in [0, 0.05) is 37.3 Å². The van der Waals surface area contributed by atoms with E-state index in [9.17, 15) is 0 Å². The molecule has 0 aromatic carbocycles. The molecule has 0 aromatic heterocycles. The van der Waals surface area contributed by atoms with Crippen LogP contribution < -0.4 is 5.32 Å². The Bertz CT molecular complexity index is 289. The number of piperazine rings is 1. The van der Waals surface area contributed by atoms with Crippen molar-refractivity contribution in [1.29, 1.82) is 0 Å². The van der Waals surface area contributed by atoms with Crippen molar-refractivity contribution in [3.63, 3.8) is 0 Å². The summed E-state index contributed by atoms with van der Waals surface area (Å²) in [7, 11) is 0. The van der Waals surface area contributed by atoms with Crippen molar-refractivity contribution < 1.29 is 4.74 Å². The van der Waals surface area contributed by atoms with Gasteiger partial charge < -0.3 is 10.1 Å². The second-order valence-corrected chi connectivity index (χ2v) is 7.41. The molecule has 1 aliphatic rings. The van der Waals surface area contributed by atoms with Crippen LogP contribution in [0.4, 0.5) is 0 Å². The van der Waals surface area contributed by atoms with Crippen LogP contribution in [-0.4, -0.2) is 48.8 Å². The van der Waals surface area contributed by atoms with Crippen LogP contribution in [0.15, 0.2) is 0 Å². The van der Waals surface area contributed by atoms with Gasteiger partial charge in [-0.3, -0.25) is 4.90 Å². The second kappa shape index (κ2) is 8.50. The highest BCUT2D eigenvalue weighted by atomic mass is 16.5. The molecule has 3 heteroatoms. The van der Waals surface area contributed by atoms with E-state index in [1.165, 1.54) is 25.7 Å². The molecule has 1 fully saturated rings. The molecule has 1 heterocycles. The Kier molecular flexibility index (Phi) is 7.66. The molecule has 1 atom stereocenters. The van der Waals surface area contributed by atoms with Crippen molar-refractivity contribution >= 4 is 0 Å². The van der Waals surface area contributed by atoms with Crippen LogP contribution in [0.2, 0.25) is 0 Å². The lowest BCUT2D eigenvalue weighted by Gasteiger charge is -2.53. The summed E-state index contributed by atoms with van der Waals surface area (Å²) in [6, 6.07) is 0. The van der Waals surface area contributed by atoms with Gasteiger partial charge >= 0.3 is 0 Å². The van der Waals surface area contributed by atoms with Crippen molar-refractivity contribution in [3.05, 3.63) is 0 Å². The van der Waals surface area contributed by atoms with Crippen LogP contribution in [0.5, 0.6) is 0 Å². The van der Waals surface area contributed by atoms with E-state index >= 15 is 0 Å². The SMILES string of the molecule is CCC1(CC)CN(CCOCCC(C)C)C(C)(CC)CN1. The normalized spacial score (nSPS) is 26.4. The van der Waals surface area contributed by atoms with E-state index in [1.54, 1.807) is 0 Å². The highest BCUT2D eigenvalue weighted by Crippen LogP contribution is 2.30. The zero-order valence-electron chi connectivity index (χ0n) is 15.3. The zero-order valence-corrected chi connectivity index (χ0v) is 15.3. The molecule has 1 unspecified atom stereocenters. The van der Waals surface area contributed by atoms with Gasteiger partial charge in [0.05, 0.1) is 6.61 Å². The lowest BCUT2D eigenvalue weighted by atomic mass is 9.83. The quantitative estimate of drug-likeness (QED) is 0.657. The molecule has 0 aromatic rings. The molecule has 21 heavy (non-hydrogen) atoms. The average Bonchev–Trinajstić information content (AvgIpc) is 2.48. The van der Waals surface area contributed by atoms with E-state index in [1.807, 2.05) is 0 Å². The maximum Gasteiger partial charge on any atom is 0.0593 e. The van der Waals surface area contributed by atoms with Crippen molar-refractivity contribution in [2.24, 2.45) is 5.92 Å². The Labute approximate surface area is 132 Å². The smallest absolute Gasteiger partial charge is 0.0593 e. The van der Waals surface area contributed by atoms with Crippen LogP contribution in [0.3, 0.4) is 0 Å². The molecular weight excluding hydrogens is 260 g/mol. The van der Waals surface area contributed by atoms with Gasteiger partial charge in [0.1, 0.15) is 0 Å². The lowest BCUT2D eigenvalue weighted by Crippen LogP contribution is -2.69. The van der Waals surface area contributed by atoms with E-state index < -0.39 is 0 Å². The molecule has 1 aliphatic heterocycles. The summed E-state index contributed by atoms with van der Waals surface area (Å²) in [5.41, 5.74) is 0.571. The molecule has 0 bridgehead atoms. The number of hydrogen-bond donors (Lipinski definition) is 1. The Morgan fingerprint density at radius 2 is 1.76 bits per heavy atom. The Morgan fingerprint density at radius 1 is 1.10 bits per heavy atom. The third kappa shape index (κ3) is 5.22. The number of ether oxygens (including phenoxy) is 1. The third-order valence-corrected chi connectivity index (χ3v) is 5.56. The predicted molar refractivity (Wildman–Crippen MR) is 91.9 cm³/mol. The van der Waals surface area contributed by atoms with Crippen molar-refractivity contribution in [2.45, 2.75) is 78.3 Å². The van der Waals surface area contributed by atoms with Crippen LogP contribution in [0.1, 0.15) is 67.2 Å². The number of nitrogens with one attached hydrogen (secondary N) is 1. The summed E-state index contributed by atoms with van der Waals surface area (Å²) in [4.78, 5) is 2.67. The summed E-state index contributed by atoms with van der Waals surface area (Å²) < 4.78 is 5.86. The minimum Gasteiger partial charge on any atom is -0.380 e. The molecule has 0 spiro atoms. The van der Waals surface area contributed by atoms with Gasteiger partial charge in [0.25, 0.3) is 0 Å². The topological polar surface area (TPSA) is 24.5 Å². The molecule has 0 aliphatic carbocycles. The molecule has 0 amide bonds. The largest absolute Gasteiger partial charge is 0.380 e. The molecule has 3 nitrogen and oxygen atoms in total. The monoisotopic (exact) mass is 298 g/mol. The number of nitrogens with zero attached hydrogens (tertiary/aromatic N) is 1. The van der Waals surface area contributed by atoms with E-state index in [4.69, 9.17) is 4.74 Å². The molecule has 0 saturated carbocycles. The van der Waals surface area contributed by atoms with Gasteiger partial charge in [-0.25, -0.2) is 0 Å². The summed E-state index contributed by atoms with van der Waals surface area (Å²) in [5, 5.41) is 3.84. The van der Waals surface area contributed by atoms with Crippen molar-refractivity contribution in [2.75, 3.05) is 32.8 Å². The fraction of sp³-hybridized carbons (Fsp3) is 1.00. The van der Waals surface area contributed by atoms with E-state index in [-0.39, 0.29) is 5.54 Å². The highest BCUT2D eigenvalue weighted by molar-refractivity contribution is 5.02. The van der Waals surface area contributed by atoms with Crippen molar-refractivity contribution in [1.82, 2.24) is 10.2 Å². The van der Waals surface area contributed by atoms with Gasteiger partial charge in [0.15, 0.2) is 0 Å². The molecule has 1 N–H and O–H groups in total. The predicted octanol–water partition coefficient (Wildman–Crippen LogP) is 3.68. The second-order valence-electron chi connectivity index (χ2n) is 7.41. The van der Waals surface area contributed by atoms with E-state index in [2.05, 4.69) is 51.8 Å². The average molecular weight is 299 g/mol. The van der Waals surface area contributed by atoms with E-state index in [0.717, 1.165) is 38.8 Å². The molecular formula is C18H38N2O. The first kappa shape index (κ1) is 18.9. The lowest BCUT2D eigenvalue weighted by molar-refractivity contribution is -0.0125. The molecule has 0 radical (unpaired) electrons. The minimum atomic E-state index is 0.273. The number of hydrogen-bond acceptors (Lipinski definition) is 3. The fourth-order valence-corrected chi connectivity index (χ4v) is 3.12. The third-order valence-electron chi connectivity index (χ3n) is 5.56. The summed E-state index contributed by atoms with van der Waals surface area (Å²) in [6.45, 7) is 18.9. The van der Waals surface area contributed by atoms with Crippen molar-refractivity contribution in [3.8, 4) is 0 Å². The molecule has 1 saturated heterocycles. The first-order valence-corrected chi connectivity index (χ1v) is 8.99. The maximum absolute atomic E-state index is 5.86. The molecule has 126 valence electrons. The Morgan fingerprint density at radius 3 is 2.29 bits per heavy atom. The van der Waals surface area contributed by atoms with E-state index in [0.29, 0.717) is 5.54 Å². The van der Waals surface area contributed by atoms with Crippen LogP contribution >= 0.6 is 0 Å². The van der Waals surface area contributed by atoms with Gasteiger partial charge in [-0.15, -0.1) is 0 Å². The fourth-order valence-electron chi connectivity index (χ4n) is 3.12. The first-order valence-electron chi connectivity index (χ1n) is 8.99. The summed E-state index contributed by atoms with van der Waals surface area (Å²) >= 11 is 0. The highest BCUT2D eigenvalue weighted by Gasteiger charge is 2.41. The number of rotatable bonds is 9. The molecule has 1 rings (SSSR count). The van der Waals surface area contributed by atoms with Gasteiger partial charge in [-0.1, -0.05) is 34.6 Å². The van der Waals surface area contributed by atoms with Gasteiger partial charge in [-0.2, -0.15) is 0 Å². The van der Waals surface area contributed by atoms with Crippen LogP contribution in [0, 0.1) is 5.92 Å². The minimum absolute atomic E-state index is 0.273. The first-order chi connectivity index (χ1) is 9.91. The Hall–Kier alpha value is -0.120. The van der Waals surface area contributed by atoms with Gasteiger partial charge in [0.2, 0.25) is 0 Å². The Balaban J connectivity index is 2.52. The standard InChI is InChI=1S/C18H38N2O/c1-7-17(6)14-19-18(8-2,9-3)15-20(17)11-13-21-12-10-16(4)5/h16,19H,7-15H2,1-6H3. The van der Waals surface area contributed by atoms with Crippen LogP contribution in [-0.2, 0) is 4.74 Å². The summed E-state index contributed by atoms with van der Waals surface area (Å²) in [6.07, 6.45) is 4.76. The summed E-state index contributed by atoms with van der Waals surface area (Å²) in [5.74, 6) is 0.734. The zero-order chi connectivity index (χ0) is 15.9. The van der Waals surface area contributed by atoms with Gasteiger partial charge in [-0.05, 0) is 38.5 Å². The maximum atomic E-state index is 5.86. The van der Waals surface area contributed by atoms with Crippen LogP contribution in [0.25, 0.3) is 0 Å².